The smallest absolute Gasteiger partial charge is 0.330 e. The van der Waals surface area contributed by atoms with E-state index in [2.05, 4.69) is 43.4 Å². The SMILES string of the molecule is CC(=O)NCC(=O)Oc1ccccc1P(c1ccccc1C)c1ccccc1C. The maximum Gasteiger partial charge on any atom is 0.330 e. The number of nitrogens with one attached hydrogen (secondary N) is 1. The summed E-state index contributed by atoms with van der Waals surface area (Å²) < 4.78 is 5.66. The van der Waals surface area contributed by atoms with Gasteiger partial charge in [-0.05, 0) is 49.6 Å². The molecule has 3 aromatic carbocycles. The number of para-hydroxylation sites is 1. The highest BCUT2D eigenvalue weighted by Gasteiger charge is 2.24. The standard InChI is InChI=1S/C24H24NO3P/c1-17-10-4-7-13-21(17)29(22-14-8-5-11-18(22)2)23-15-9-6-12-20(23)28-24(27)16-25-19(3)26/h4-15H,16H2,1-3H3,(H,25,26). The summed E-state index contributed by atoms with van der Waals surface area (Å²) in [5.74, 6) is -0.227. The summed E-state index contributed by atoms with van der Waals surface area (Å²) in [6.45, 7) is 5.43. The lowest BCUT2D eigenvalue weighted by Crippen LogP contribution is -2.31. The molecule has 3 rings (SSSR count). The molecule has 0 unspecified atom stereocenters. The van der Waals surface area contributed by atoms with Crippen LogP contribution in [0.1, 0.15) is 18.1 Å². The molecule has 1 N–H and O–H groups in total. The molecule has 0 radical (unpaired) electrons. The highest BCUT2D eigenvalue weighted by atomic mass is 31.1. The Labute approximate surface area is 172 Å². The first-order chi connectivity index (χ1) is 14.0. The molecule has 0 saturated carbocycles. The summed E-state index contributed by atoms with van der Waals surface area (Å²) >= 11 is 0. The number of esters is 1. The normalized spacial score (nSPS) is 10.6. The Bertz CT molecular complexity index is 986. The van der Waals surface area contributed by atoms with Gasteiger partial charge >= 0.3 is 5.97 Å². The van der Waals surface area contributed by atoms with Gasteiger partial charge in [0, 0.05) is 12.2 Å². The van der Waals surface area contributed by atoms with Crippen molar-refractivity contribution in [3.63, 3.8) is 0 Å². The van der Waals surface area contributed by atoms with E-state index in [0.29, 0.717) is 5.75 Å². The van der Waals surface area contributed by atoms with Gasteiger partial charge in [-0.25, -0.2) is 4.79 Å². The number of benzene rings is 3. The number of carbonyl (C=O) groups is 2. The Morgan fingerprint density at radius 2 is 1.28 bits per heavy atom. The fourth-order valence-corrected chi connectivity index (χ4v) is 5.78. The first-order valence-electron chi connectivity index (χ1n) is 9.43. The maximum absolute atomic E-state index is 12.3. The van der Waals surface area contributed by atoms with Crippen molar-refractivity contribution in [1.29, 1.82) is 0 Å². The molecule has 0 saturated heterocycles. The van der Waals surface area contributed by atoms with E-state index < -0.39 is 13.9 Å². The Balaban J connectivity index is 2.08. The number of aryl methyl sites for hydroxylation is 2. The van der Waals surface area contributed by atoms with Gasteiger partial charge in [-0.1, -0.05) is 66.7 Å². The zero-order valence-electron chi connectivity index (χ0n) is 16.8. The third kappa shape index (κ3) is 5.10. The van der Waals surface area contributed by atoms with Crippen molar-refractivity contribution in [2.24, 2.45) is 0 Å². The van der Waals surface area contributed by atoms with Crippen molar-refractivity contribution in [3.8, 4) is 5.75 Å². The minimum Gasteiger partial charge on any atom is -0.425 e. The summed E-state index contributed by atoms with van der Waals surface area (Å²) in [4.78, 5) is 23.4. The van der Waals surface area contributed by atoms with E-state index in [0.717, 1.165) is 5.30 Å². The molecule has 29 heavy (non-hydrogen) atoms. The van der Waals surface area contributed by atoms with E-state index in [1.165, 1.54) is 28.7 Å². The van der Waals surface area contributed by atoms with Crippen LogP contribution in [0.15, 0.2) is 72.8 Å². The van der Waals surface area contributed by atoms with Crippen LogP contribution in [0.5, 0.6) is 5.75 Å². The molecule has 0 atom stereocenters. The second-order valence-electron chi connectivity index (χ2n) is 6.76. The fourth-order valence-electron chi connectivity index (χ4n) is 3.10. The van der Waals surface area contributed by atoms with Gasteiger partial charge < -0.3 is 10.1 Å². The van der Waals surface area contributed by atoms with Crippen LogP contribution in [0.25, 0.3) is 0 Å². The quantitative estimate of drug-likeness (QED) is 0.390. The van der Waals surface area contributed by atoms with E-state index in [1.54, 1.807) is 0 Å². The minimum absolute atomic E-state index is 0.156. The van der Waals surface area contributed by atoms with Crippen molar-refractivity contribution in [2.45, 2.75) is 20.8 Å². The largest absolute Gasteiger partial charge is 0.425 e. The molecule has 0 spiro atoms. The fraction of sp³-hybridized carbons (Fsp3) is 0.167. The summed E-state index contributed by atoms with van der Waals surface area (Å²) in [5.41, 5.74) is 2.39. The number of hydrogen-bond acceptors (Lipinski definition) is 3. The van der Waals surface area contributed by atoms with Crippen LogP contribution >= 0.6 is 7.92 Å². The molecule has 0 bridgehead atoms. The maximum atomic E-state index is 12.3. The molecular formula is C24H24NO3P. The molecule has 5 heteroatoms. The van der Waals surface area contributed by atoms with Crippen molar-refractivity contribution in [2.75, 3.05) is 6.54 Å². The van der Waals surface area contributed by atoms with Gasteiger partial charge in [-0.3, -0.25) is 4.79 Å². The van der Waals surface area contributed by atoms with Crippen molar-refractivity contribution in [3.05, 3.63) is 83.9 Å². The second-order valence-corrected chi connectivity index (χ2v) is 8.88. The number of rotatable bonds is 6. The van der Waals surface area contributed by atoms with Crippen LogP contribution < -0.4 is 26.0 Å². The average Bonchev–Trinajstić information content (AvgIpc) is 2.70. The highest BCUT2D eigenvalue weighted by Crippen LogP contribution is 2.38. The van der Waals surface area contributed by atoms with Gasteiger partial charge in [0.25, 0.3) is 0 Å². The van der Waals surface area contributed by atoms with Crippen LogP contribution in [0.2, 0.25) is 0 Å². The molecular weight excluding hydrogens is 381 g/mol. The first-order valence-corrected chi connectivity index (χ1v) is 10.8. The van der Waals surface area contributed by atoms with Gasteiger partial charge in [-0.2, -0.15) is 0 Å². The monoisotopic (exact) mass is 405 g/mol. The molecule has 148 valence electrons. The lowest BCUT2D eigenvalue weighted by atomic mass is 10.2. The summed E-state index contributed by atoms with van der Waals surface area (Å²) in [5, 5.41) is 5.91. The van der Waals surface area contributed by atoms with E-state index >= 15 is 0 Å². The summed E-state index contributed by atoms with van der Waals surface area (Å²) in [6, 6.07) is 24.3. The number of amides is 1. The Kier molecular flexibility index (Phi) is 6.79. The molecule has 0 heterocycles. The Morgan fingerprint density at radius 1 is 0.793 bits per heavy atom. The van der Waals surface area contributed by atoms with Crippen molar-refractivity contribution in [1.82, 2.24) is 5.32 Å². The molecule has 0 aliphatic heterocycles. The summed E-state index contributed by atoms with van der Waals surface area (Å²) in [7, 11) is -0.925. The molecule has 4 nitrogen and oxygen atoms in total. The van der Waals surface area contributed by atoms with Gasteiger partial charge in [0.2, 0.25) is 5.91 Å². The first kappa shape index (κ1) is 20.8. The third-order valence-corrected chi connectivity index (χ3v) is 7.34. The van der Waals surface area contributed by atoms with Crippen LogP contribution in [0.4, 0.5) is 0 Å². The zero-order chi connectivity index (χ0) is 20.8. The van der Waals surface area contributed by atoms with Gasteiger partial charge in [0.1, 0.15) is 12.3 Å². The van der Waals surface area contributed by atoms with Crippen LogP contribution in [0.3, 0.4) is 0 Å². The number of ether oxygens (including phenoxy) is 1. The average molecular weight is 405 g/mol. The van der Waals surface area contributed by atoms with Crippen molar-refractivity contribution >= 4 is 35.7 Å². The molecule has 0 aliphatic carbocycles. The number of hydrogen-bond donors (Lipinski definition) is 1. The van der Waals surface area contributed by atoms with Crippen LogP contribution in [-0.4, -0.2) is 18.4 Å². The van der Waals surface area contributed by atoms with E-state index in [1.807, 2.05) is 48.5 Å². The van der Waals surface area contributed by atoms with Gasteiger partial charge in [-0.15, -0.1) is 0 Å². The van der Waals surface area contributed by atoms with Crippen LogP contribution in [-0.2, 0) is 9.59 Å². The van der Waals surface area contributed by atoms with Crippen molar-refractivity contribution < 1.29 is 14.3 Å². The molecule has 0 aromatic heterocycles. The predicted molar refractivity (Wildman–Crippen MR) is 119 cm³/mol. The van der Waals surface area contributed by atoms with E-state index in [4.69, 9.17) is 4.74 Å². The highest BCUT2D eigenvalue weighted by molar-refractivity contribution is 7.80. The third-order valence-electron chi connectivity index (χ3n) is 4.52. The Morgan fingerprint density at radius 3 is 1.79 bits per heavy atom. The lowest BCUT2D eigenvalue weighted by molar-refractivity contribution is -0.135. The molecule has 0 aliphatic rings. The summed E-state index contributed by atoms with van der Waals surface area (Å²) in [6.07, 6.45) is 0. The minimum atomic E-state index is -0.925. The van der Waals surface area contributed by atoms with E-state index in [9.17, 15) is 9.59 Å². The van der Waals surface area contributed by atoms with Crippen LogP contribution in [0, 0.1) is 13.8 Å². The van der Waals surface area contributed by atoms with Gasteiger partial charge in [0.15, 0.2) is 0 Å². The molecule has 0 fully saturated rings. The topological polar surface area (TPSA) is 55.4 Å². The number of carbonyl (C=O) groups excluding carboxylic acids is 2. The Hall–Kier alpha value is -2.97. The van der Waals surface area contributed by atoms with Gasteiger partial charge in [0.05, 0.1) is 0 Å². The van der Waals surface area contributed by atoms with E-state index in [-0.39, 0.29) is 12.5 Å². The molecule has 1 amide bonds. The zero-order valence-corrected chi connectivity index (χ0v) is 17.7. The second kappa shape index (κ2) is 9.49. The predicted octanol–water partition coefficient (Wildman–Crippen LogP) is 3.10. The lowest BCUT2D eigenvalue weighted by Gasteiger charge is -2.24. The molecule has 3 aromatic rings.